The lowest BCUT2D eigenvalue weighted by Gasteiger charge is -2.25. The van der Waals surface area contributed by atoms with Crippen LogP contribution in [0.2, 0.25) is 0 Å². The number of alkyl carbamates (subject to hydrolysis) is 1. The first-order valence-electron chi connectivity index (χ1n) is 12.1. The first-order valence-corrected chi connectivity index (χ1v) is 12.1. The zero-order valence-electron chi connectivity index (χ0n) is 19.3. The van der Waals surface area contributed by atoms with Crippen LogP contribution in [0.15, 0.2) is 48.5 Å². The van der Waals surface area contributed by atoms with Gasteiger partial charge in [0.25, 0.3) is 0 Å². The molecule has 3 aliphatic rings. The molecule has 7 heteroatoms. The number of carboxylic acids is 1. The molecule has 2 N–H and O–H groups in total. The maximum Gasteiger partial charge on any atom is 0.407 e. The molecule has 2 fully saturated rings. The summed E-state index contributed by atoms with van der Waals surface area (Å²) in [6, 6.07) is 16.1. The van der Waals surface area contributed by atoms with Gasteiger partial charge in [-0.1, -0.05) is 61.9 Å². The number of ether oxygens (including phenoxy) is 1. The van der Waals surface area contributed by atoms with Gasteiger partial charge in [0.15, 0.2) is 0 Å². The van der Waals surface area contributed by atoms with Crippen LogP contribution >= 0.6 is 0 Å². The number of hydrogen-bond acceptors (Lipinski definition) is 4. The van der Waals surface area contributed by atoms with Crippen molar-refractivity contribution in [2.45, 2.75) is 38.1 Å². The zero-order chi connectivity index (χ0) is 23.8. The molecule has 2 amide bonds. The summed E-state index contributed by atoms with van der Waals surface area (Å²) in [5.74, 6) is -1.87. The Kier molecular flexibility index (Phi) is 6.02. The Morgan fingerprint density at radius 3 is 2.24 bits per heavy atom. The van der Waals surface area contributed by atoms with Crippen molar-refractivity contribution >= 4 is 18.0 Å². The second-order valence-electron chi connectivity index (χ2n) is 9.78. The second kappa shape index (κ2) is 9.12. The second-order valence-corrected chi connectivity index (χ2v) is 9.78. The fourth-order valence-electron chi connectivity index (χ4n) is 5.92. The van der Waals surface area contributed by atoms with E-state index >= 15 is 0 Å². The van der Waals surface area contributed by atoms with Crippen molar-refractivity contribution in [2.75, 3.05) is 19.7 Å². The highest BCUT2D eigenvalue weighted by Crippen LogP contribution is 2.44. The molecule has 34 heavy (non-hydrogen) atoms. The molecule has 178 valence electrons. The third-order valence-electron chi connectivity index (χ3n) is 7.72. The van der Waals surface area contributed by atoms with Crippen molar-refractivity contribution in [2.24, 2.45) is 17.8 Å². The van der Waals surface area contributed by atoms with E-state index < -0.39 is 18.0 Å². The quantitative estimate of drug-likeness (QED) is 0.703. The third-order valence-corrected chi connectivity index (χ3v) is 7.72. The van der Waals surface area contributed by atoms with Gasteiger partial charge in [0.05, 0.1) is 11.8 Å². The third kappa shape index (κ3) is 4.04. The summed E-state index contributed by atoms with van der Waals surface area (Å²) < 4.78 is 5.67. The monoisotopic (exact) mass is 462 g/mol. The Labute approximate surface area is 199 Å². The fraction of sp³-hybridized carbons (Fsp3) is 0.444. The topological polar surface area (TPSA) is 95.9 Å². The minimum Gasteiger partial charge on any atom is -0.481 e. The number of nitrogens with zero attached hydrogens (tertiary/aromatic N) is 1. The van der Waals surface area contributed by atoms with Crippen LogP contribution in [0, 0.1) is 17.8 Å². The first-order chi connectivity index (χ1) is 16.4. The van der Waals surface area contributed by atoms with E-state index in [1.165, 1.54) is 11.1 Å². The van der Waals surface area contributed by atoms with Crippen LogP contribution in [0.1, 0.15) is 43.2 Å². The first kappa shape index (κ1) is 22.4. The predicted octanol–water partition coefficient (Wildman–Crippen LogP) is 3.87. The normalized spacial score (nSPS) is 25.6. The molecule has 2 aliphatic carbocycles. The van der Waals surface area contributed by atoms with E-state index in [1.54, 1.807) is 4.90 Å². The number of fused-ring (bicyclic) bond motifs is 3. The Balaban J connectivity index is 1.21. The van der Waals surface area contributed by atoms with E-state index in [-0.39, 0.29) is 42.9 Å². The minimum absolute atomic E-state index is 0.0156. The van der Waals surface area contributed by atoms with Crippen LogP contribution in [0.25, 0.3) is 11.1 Å². The molecule has 0 aromatic heterocycles. The Morgan fingerprint density at radius 1 is 0.971 bits per heavy atom. The molecular formula is C27H30N2O5. The van der Waals surface area contributed by atoms with Crippen LogP contribution in [-0.2, 0) is 14.3 Å². The molecule has 0 unspecified atom stereocenters. The number of aliphatic carboxylic acids is 1. The van der Waals surface area contributed by atoms with Crippen molar-refractivity contribution in [3.05, 3.63) is 59.7 Å². The summed E-state index contributed by atoms with van der Waals surface area (Å²) in [6.07, 6.45) is 1.74. The summed E-state index contributed by atoms with van der Waals surface area (Å²) in [5, 5.41) is 12.3. The number of benzene rings is 2. The lowest BCUT2D eigenvalue weighted by atomic mass is 9.98. The summed E-state index contributed by atoms with van der Waals surface area (Å²) in [4.78, 5) is 39.0. The van der Waals surface area contributed by atoms with E-state index in [0.29, 0.717) is 19.4 Å². The molecule has 2 aromatic rings. The van der Waals surface area contributed by atoms with E-state index in [9.17, 15) is 19.5 Å². The molecule has 5 rings (SSSR count). The number of nitrogens with one attached hydrogen (secondary N) is 1. The van der Waals surface area contributed by atoms with Crippen LogP contribution in [0.5, 0.6) is 0 Å². The number of rotatable bonds is 5. The van der Waals surface area contributed by atoms with E-state index in [4.69, 9.17) is 4.74 Å². The molecule has 1 heterocycles. The zero-order valence-corrected chi connectivity index (χ0v) is 19.3. The van der Waals surface area contributed by atoms with E-state index in [1.807, 2.05) is 31.2 Å². The lowest BCUT2D eigenvalue weighted by molar-refractivity contribution is -0.142. The van der Waals surface area contributed by atoms with Gasteiger partial charge in [0, 0.05) is 25.0 Å². The maximum atomic E-state index is 13.1. The highest BCUT2D eigenvalue weighted by atomic mass is 16.5. The molecule has 1 saturated carbocycles. The largest absolute Gasteiger partial charge is 0.481 e. The van der Waals surface area contributed by atoms with Gasteiger partial charge in [0.2, 0.25) is 5.91 Å². The number of likely N-dealkylation sites (tertiary alicyclic amines) is 1. The number of carbonyl (C=O) groups is 3. The lowest BCUT2D eigenvalue weighted by Crippen LogP contribution is -2.45. The molecule has 0 spiro atoms. The van der Waals surface area contributed by atoms with Gasteiger partial charge in [-0.15, -0.1) is 0 Å². The van der Waals surface area contributed by atoms with Crippen LogP contribution in [0.3, 0.4) is 0 Å². The van der Waals surface area contributed by atoms with Crippen molar-refractivity contribution in [1.82, 2.24) is 10.2 Å². The van der Waals surface area contributed by atoms with Crippen LogP contribution in [-0.4, -0.2) is 53.7 Å². The molecule has 4 atom stereocenters. The van der Waals surface area contributed by atoms with Crippen LogP contribution < -0.4 is 5.32 Å². The van der Waals surface area contributed by atoms with Crippen LogP contribution in [0.4, 0.5) is 4.79 Å². The Morgan fingerprint density at radius 2 is 1.62 bits per heavy atom. The van der Waals surface area contributed by atoms with Crippen molar-refractivity contribution < 1.29 is 24.2 Å². The number of amides is 2. The number of hydrogen-bond donors (Lipinski definition) is 2. The molecule has 2 aromatic carbocycles. The molecule has 7 nitrogen and oxygen atoms in total. The van der Waals surface area contributed by atoms with E-state index in [0.717, 1.165) is 17.5 Å². The van der Waals surface area contributed by atoms with Crippen molar-refractivity contribution in [1.29, 1.82) is 0 Å². The van der Waals surface area contributed by atoms with E-state index in [2.05, 4.69) is 29.6 Å². The van der Waals surface area contributed by atoms with Crippen molar-refractivity contribution in [3.63, 3.8) is 0 Å². The summed E-state index contributed by atoms with van der Waals surface area (Å²) >= 11 is 0. The average Bonchev–Trinajstić information content (AvgIpc) is 3.53. The maximum absolute atomic E-state index is 13.1. The standard InChI is InChI=1S/C27H30N2O5/c1-16-13-29(14-22(16)26(31)32)25(30)21-11-6-12-24(21)28-27(33)34-15-23-19-9-4-2-7-17(19)18-8-3-5-10-20(18)23/h2-5,7-10,16,21-24H,6,11-15H2,1H3,(H,28,33)(H,31,32)/t16-,21-,22-,24+/m1/s1. The smallest absolute Gasteiger partial charge is 0.407 e. The fourth-order valence-corrected chi connectivity index (χ4v) is 5.92. The van der Waals surface area contributed by atoms with Gasteiger partial charge in [0.1, 0.15) is 6.61 Å². The molecular weight excluding hydrogens is 432 g/mol. The van der Waals surface area contributed by atoms with Crippen molar-refractivity contribution in [3.8, 4) is 11.1 Å². The average molecular weight is 463 g/mol. The molecule has 1 aliphatic heterocycles. The highest BCUT2D eigenvalue weighted by Gasteiger charge is 2.42. The number of carbonyl (C=O) groups excluding carboxylic acids is 2. The Bertz CT molecular complexity index is 1070. The highest BCUT2D eigenvalue weighted by molar-refractivity contribution is 5.83. The minimum atomic E-state index is -0.859. The summed E-state index contributed by atoms with van der Waals surface area (Å²) in [7, 11) is 0. The van der Waals surface area contributed by atoms with Gasteiger partial charge < -0.3 is 20.1 Å². The number of carboxylic acid groups (broad SMARTS) is 1. The van der Waals surface area contributed by atoms with Gasteiger partial charge in [-0.05, 0) is 41.0 Å². The molecule has 0 bridgehead atoms. The Hall–Kier alpha value is -3.35. The van der Waals surface area contributed by atoms with Gasteiger partial charge >= 0.3 is 12.1 Å². The van der Waals surface area contributed by atoms with Gasteiger partial charge in [-0.2, -0.15) is 0 Å². The SMILES string of the molecule is C[C@@H]1CN(C(=O)[C@@H]2CCC[C@@H]2NC(=O)OCC2c3ccccc3-c3ccccc32)C[C@H]1C(=O)O. The summed E-state index contributed by atoms with van der Waals surface area (Å²) in [5.41, 5.74) is 4.66. The van der Waals surface area contributed by atoms with Gasteiger partial charge in [-0.25, -0.2) is 4.79 Å². The summed E-state index contributed by atoms with van der Waals surface area (Å²) in [6.45, 7) is 2.79. The predicted molar refractivity (Wildman–Crippen MR) is 126 cm³/mol. The molecule has 0 radical (unpaired) electrons. The van der Waals surface area contributed by atoms with Gasteiger partial charge in [-0.3, -0.25) is 9.59 Å². The molecule has 1 saturated heterocycles.